The predicted octanol–water partition coefficient (Wildman–Crippen LogP) is 4.22. The van der Waals surface area contributed by atoms with E-state index < -0.39 is 0 Å². The monoisotopic (exact) mass is 345 g/mol. The summed E-state index contributed by atoms with van der Waals surface area (Å²) in [7, 11) is 0. The second kappa shape index (κ2) is 6.22. The van der Waals surface area contributed by atoms with E-state index in [1.807, 2.05) is 44.2 Å². The molecule has 0 atom stereocenters. The maximum atomic E-state index is 5.44. The van der Waals surface area contributed by atoms with E-state index in [1.165, 1.54) is 11.1 Å². The number of aryl methyl sites for hydroxylation is 3. The summed E-state index contributed by atoms with van der Waals surface area (Å²) in [5.74, 6) is 0.912. The van der Waals surface area contributed by atoms with Gasteiger partial charge in [-0.2, -0.15) is 4.98 Å². The van der Waals surface area contributed by atoms with Crippen LogP contribution in [0.1, 0.15) is 22.4 Å². The van der Waals surface area contributed by atoms with Crippen molar-refractivity contribution in [3.63, 3.8) is 0 Å². The van der Waals surface area contributed by atoms with Gasteiger partial charge in [0.15, 0.2) is 5.69 Å². The van der Waals surface area contributed by atoms with Crippen molar-refractivity contribution in [2.45, 2.75) is 27.7 Å². The normalized spacial score (nSPS) is 11.1. The van der Waals surface area contributed by atoms with Gasteiger partial charge in [-0.25, -0.2) is 4.68 Å². The first-order valence-corrected chi connectivity index (χ1v) is 8.44. The van der Waals surface area contributed by atoms with Crippen LogP contribution in [0.25, 0.3) is 28.7 Å². The average molecular weight is 345 g/mol. The lowest BCUT2D eigenvalue weighted by Crippen LogP contribution is -2.01. The molecule has 6 nitrogen and oxygen atoms in total. The van der Waals surface area contributed by atoms with Crippen molar-refractivity contribution in [3.8, 4) is 28.7 Å². The molecular weight excluding hydrogens is 326 g/mol. The van der Waals surface area contributed by atoms with Crippen molar-refractivity contribution < 1.29 is 4.52 Å². The molecule has 0 bridgehead atoms. The smallest absolute Gasteiger partial charge is 0.280 e. The molecule has 4 rings (SSSR count). The Hall–Kier alpha value is -3.28. The van der Waals surface area contributed by atoms with Gasteiger partial charge in [0.05, 0.1) is 11.4 Å². The molecule has 0 radical (unpaired) electrons. The molecule has 0 unspecified atom stereocenters. The third-order valence-corrected chi connectivity index (χ3v) is 4.41. The third kappa shape index (κ3) is 2.79. The third-order valence-electron chi connectivity index (χ3n) is 4.41. The van der Waals surface area contributed by atoms with Crippen LogP contribution in [0.4, 0.5) is 0 Å². The second-order valence-corrected chi connectivity index (χ2v) is 6.51. The fourth-order valence-corrected chi connectivity index (χ4v) is 2.94. The summed E-state index contributed by atoms with van der Waals surface area (Å²) in [6.45, 7) is 8.12. The quantitative estimate of drug-likeness (QED) is 0.556. The summed E-state index contributed by atoms with van der Waals surface area (Å²) in [5, 5.41) is 12.6. The molecule has 0 aliphatic carbocycles. The Bertz CT molecular complexity index is 1080. The van der Waals surface area contributed by atoms with Gasteiger partial charge in [0.1, 0.15) is 0 Å². The Balaban J connectivity index is 1.72. The van der Waals surface area contributed by atoms with Crippen molar-refractivity contribution in [2.75, 3.05) is 0 Å². The fourth-order valence-electron chi connectivity index (χ4n) is 2.94. The van der Waals surface area contributed by atoms with E-state index >= 15 is 0 Å². The minimum Gasteiger partial charge on any atom is -0.332 e. The van der Waals surface area contributed by atoms with E-state index in [0.717, 1.165) is 22.5 Å². The molecule has 0 saturated carbocycles. The van der Waals surface area contributed by atoms with Crippen LogP contribution in [0.15, 0.2) is 47.0 Å². The standard InChI is InChI=1S/C20H19N5O/c1-12-5-8-16(9-6-12)19-21-20(26-23-19)18-15(4)25(24-22-18)17-10-7-13(2)11-14(17)3/h5-11H,1-4H3. The summed E-state index contributed by atoms with van der Waals surface area (Å²) < 4.78 is 7.24. The van der Waals surface area contributed by atoms with Crippen molar-refractivity contribution in [2.24, 2.45) is 0 Å². The summed E-state index contributed by atoms with van der Waals surface area (Å²) in [5.41, 5.74) is 6.88. The van der Waals surface area contributed by atoms with Crippen LogP contribution in [-0.2, 0) is 0 Å². The first-order valence-electron chi connectivity index (χ1n) is 8.44. The highest BCUT2D eigenvalue weighted by atomic mass is 16.5. The summed E-state index contributed by atoms with van der Waals surface area (Å²) in [6, 6.07) is 14.2. The van der Waals surface area contributed by atoms with Gasteiger partial charge in [0.25, 0.3) is 5.89 Å². The highest BCUT2D eigenvalue weighted by molar-refractivity contribution is 5.59. The lowest BCUT2D eigenvalue weighted by Gasteiger charge is -2.07. The van der Waals surface area contributed by atoms with Crippen LogP contribution in [0.5, 0.6) is 0 Å². The van der Waals surface area contributed by atoms with Gasteiger partial charge in [-0.1, -0.05) is 57.9 Å². The zero-order valence-corrected chi connectivity index (χ0v) is 15.2. The fraction of sp³-hybridized carbons (Fsp3) is 0.200. The number of aromatic nitrogens is 5. The van der Waals surface area contributed by atoms with Crippen LogP contribution < -0.4 is 0 Å². The van der Waals surface area contributed by atoms with Crippen LogP contribution in [0.3, 0.4) is 0 Å². The minimum atomic E-state index is 0.370. The van der Waals surface area contributed by atoms with Gasteiger partial charge in [-0.05, 0) is 39.3 Å². The summed E-state index contributed by atoms with van der Waals surface area (Å²) in [6.07, 6.45) is 0. The highest BCUT2D eigenvalue weighted by Crippen LogP contribution is 2.25. The molecule has 0 N–H and O–H groups in total. The first kappa shape index (κ1) is 16.2. The molecule has 6 heteroatoms. The van der Waals surface area contributed by atoms with E-state index in [2.05, 4.69) is 46.4 Å². The van der Waals surface area contributed by atoms with Gasteiger partial charge in [0.2, 0.25) is 5.82 Å². The van der Waals surface area contributed by atoms with Crippen LogP contribution >= 0.6 is 0 Å². The van der Waals surface area contributed by atoms with Gasteiger partial charge < -0.3 is 4.52 Å². The van der Waals surface area contributed by atoms with Gasteiger partial charge >= 0.3 is 0 Å². The van der Waals surface area contributed by atoms with Crippen molar-refractivity contribution >= 4 is 0 Å². The molecule has 130 valence electrons. The molecular formula is C20H19N5O. The maximum absolute atomic E-state index is 5.44. The zero-order valence-electron chi connectivity index (χ0n) is 15.2. The highest BCUT2D eigenvalue weighted by Gasteiger charge is 2.19. The Morgan fingerprint density at radius 1 is 0.885 bits per heavy atom. The van der Waals surface area contributed by atoms with Gasteiger partial charge in [-0.3, -0.25) is 0 Å². The number of benzene rings is 2. The Kier molecular flexibility index (Phi) is 3.88. The molecule has 0 fully saturated rings. The lowest BCUT2D eigenvalue weighted by molar-refractivity contribution is 0.430. The van der Waals surface area contributed by atoms with Gasteiger partial charge in [0, 0.05) is 5.56 Å². The molecule has 2 aromatic heterocycles. The molecule has 0 aliphatic rings. The Morgan fingerprint density at radius 2 is 1.62 bits per heavy atom. The number of hydrogen-bond acceptors (Lipinski definition) is 5. The number of nitrogens with zero attached hydrogens (tertiary/aromatic N) is 5. The predicted molar refractivity (Wildman–Crippen MR) is 99.0 cm³/mol. The van der Waals surface area contributed by atoms with Crippen molar-refractivity contribution in [1.82, 2.24) is 25.1 Å². The van der Waals surface area contributed by atoms with E-state index in [0.29, 0.717) is 17.4 Å². The number of hydrogen-bond donors (Lipinski definition) is 0. The molecule has 0 saturated heterocycles. The van der Waals surface area contributed by atoms with Crippen molar-refractivity contribution in [3.05, 3.63) is 64.8 Å². The largest absolute Gasteiger partial charge is 0.332 e. The zero-order chi connectivity index (χ0) is 18.3. The molecule has 0 amide bonds. The minimum absolute atomic E-state index is 0.370. The second-order valence-electron chi connectivity index (χ2n) is 6.51. The van der Waals surface area contributed by atoms with E-state index in [-0.39, 0.29) is 0 Å². The van der Waals surface area contributed by atoms with E-state index in [9.17, 15) is 0 Å². The Morgan fingerprint density at radius 3 is 2.35 bits per heavy atom. The molecule has 2 aromatic carbocycles. The SMILES string of the molecule is Cc1ccc(-c2noc(-c3nnn(-c4ccc(C)cc4C)c3C)n2)cc1. The van der Waals surface area contributed by atoms with Crippen LogP contribution in [-0.4, -0.2) is 25.1 Å². The van der Waals surface area contributed by atoms with E-state index in [4.69, 9.17) is 4.52 Å². The molecule has 0 spiro atoms. The molecule has 2 heterocycles. The summed E-state index contributed by atoms with van der Waals surface area (Å²) >= 11 is 0. The van der Waals surface area contributed by atoms with E-state index in [1.54, 1.807) is 4.68 Å². The van der Waals surface area contributed by atoms with Crippen molar-refractivity contribution in [1.29, 1.82) is 0 Å². The van der Waals surface area contributed by atoms with Crippen LogP contribution in [0.2, 0.25) is 0 Å². The Labute approximate surface area is 151 Å². The topological polar surface area (TPSA) is 69.6 Å². The average Bonchev–Trinajstić information content (AvgIpc) is 3.23. The first-order chi connectivity index (χ1) is 12.5. The molecule has 26 heavy (non-hydrogen) atoms. The summed E-state index contributed by atoms with van der Waals surface area (Å²) in [4.78, 5) is 4.49. The van der Waals surface area contributed by atoms with Gasteiger partial charge in [-0.15, -0.1) is 5.10 Å². The lowest BCUT2D eigenvalue weighted by atomic mass is 10.1. The molecule has 4 aromatic rings. The number of rotatable bonds is 3. The van der Waals surface area contributed by atoms with Crippen LogP contribution in [0, 0.1) is 27.7 Å². The maximum Gasteiger partial charge on any atom is 0.280 e. The molecule has 0 aliphatic heterocycles.